The van der Waals surface area contributed by atoms with Crippen molar-refractivity contribution in [2.24, 2.45) is 4.99 Å². The topological polar surface area (TPSA) is 97.6 Å². The monoisotopic (exact) mass is 724 g/mol. The van der Waals surface area contributed by atoms with Crippen LogP contribution in [0.5, 0.6) is 23.0 Å². The number of halogens is 2. The van der Waals surface area contributed by atoms with Crippen LogP contribution < -0.4 is 33.8 Å². The van der Waals surface area contributed by atoms with Crippen LogP contribution in [-0.2, 0) is 16.1 Å². The first-order valence-corrected chi connectivity index (χ1v) is 16.4. The molecule has 1 aliphatic rings. The molecule has 9 nitrogen and oxygen atoms in total. The van der Waals surface area contributed by atoms with Crippen molar-refractivity contribution in [2.75, 3.05) is 20.8 Å². The van der Waals surface area contributed by atoms with E-state index >= 15 is 0 Å². The van der Waals surface area contributed by atoms with Crippen LogP contribution in [-0.4, -0.2) is 37.5 Å². The maximum Gasteiger partial charge on any atom is 0.338 e. The summed E-state index contributed by atoms with van der Waals surface area (Å²) in [6, 6.07) is 14.1. The van der Waals surface area contributed by atoms with E-state index in [0.29, 0.717) is 53.6 Å². The largest absolute Gasteiger partial charge is 0.493 e. The van der Waals surface area contributed by atoms with Gasteiger partial charge in [0.1, 0.15) is 12.4 Å². The maximum atomic E-state index is 14.2. The fourth-order valence-electron chi connectivity index (χ4n) is 5.13. The number of benzene rings is 3. The van der Waals surface area contributed by atoms with Crippen LogP contribution in [0.2, 0.25) is 0 Å². The number of rotatable bonds is 11. The molecule has 12 heteroatoms. The fourth-order valence-corrected chi connectivity index (χ4v) is 6.60. The Morgan fingerprint density at radius 3 is 2.40 bits per heavy atom. The smallest absolute Gasteiger partial charge is 0.338 e. The highest BCUT2D eigenvalue weighted by Gasteiger charge is 2.34. The van der Waals surface area contributed by atoms with E-state index in [4.69, 9.17) is 23.7 Å². The summed E-state index contributed by atoms with van der Waals surface area (Å²) in [6.07, 6.45) is 1.65. The van der Waals surface area contributed by atoms with Crippen LogP contribution in [0.25, 0.3) is 6.08 Å². The van der Waals surface area contributed by atoms with Gasteiger partial charge >= 0.3 is 5.97 Å². The van der Waals surface area contributed by atoms with Crippen molar-refractivity contribution in [1.82, 2.24) is 4.57 Å². The third-order valence-electron chi connectivity index (χ3n) is 7.26. The van der Waals surface area contributed by atoms with E-state index in [0.717, 1.165) is 5.56 Å². The molecule has 0 spiro atoms. The molecule has 246 valence electrons. The third-order valence-corrected chi connectivity index (χ3v) is 8.93. The lowest BCUT2D eigenvalue weighted by Crippen LogP contribution is -2.40. The number of carbonyl (C=O) groups is 1. The van der Waals surface area contributed by atoms with Gasteiger partial charge in [0, 0.05) is 4.47 Å². The minimum Gasteiger partial charge on any atom is -0.493 e. The molecule has 0 fully saturated rings. The molecule has 4 aromatic rings. The molecular weight excluding hydrogens is 691 g/mol. The SMILES string of the molecule is CCOC(=O)C1=C(C)N=c2s/c(=C\c3cc(OC)c(OCc4ccc(F)cc4)cc3Br)c(=O)n2[C@H]1c1ccc(OC(C)C)c(OC)c1. The molecule has 2 heterocycles. The van der Waals surface area contributed by atoms with E-state index in [9.17, 15) is 14.0 Å². The van der Waals surface area contributed by atoms with Gasteiger partial charge in [-0.25, -0.2) is 14.2 Å². The molecule has 1 aromatic heterocycles. The van der Waals surface area contributed by atoms with Crippen LogP contribution in [0.1, 0.15) is 50.4 Å². The number of hydrogen-bond acceptors (Lipinski definition) is 9. The van der Waals surface area contributed by atoms with Crippen LogP contribution >= 0.6 is 27.3 Å². The highest BCUT2D eigenvalue weighted by atomic mass is 79.9. The summed E-state index contributed by atoms with van der Waals surface area (Å²) in [5.41, 5.74) is 2.46. The first-order chi connectivity index (χ1) is 22.5. The molecule has 0 aliphatic carbocycles. The van der Waals surface area contributed by atoms with Crippen molar-refractivity contribution in [3.8, 4) is 23.0 Å². The Kier molecular flexibility index (Phi) is 10.5. The van der Waals surface area contributed by atoms with Gasteiger partial charge in [0.15, 0.2) is 27.8 Å². The zero-order valence-corrected chi connectivity index (χ0v) is 29.2. The number of thiazole rings is 1. The molecule has 0 bridgehead atoms. The Balaban J connectivity index is 1.59. The van der Waals surface area contributed by atoms with Crippen LogP contribution in [0.15, 0.2) is 80.1 Å². The Labute approximate surface area is 283 Å². The normalized spacial score (nSPS) is 14.5. The molecule has 1 atom stereocenters. The van der Waals surface area contributed by atoms with E-state index in [1.165, 1.54) is 42.3 Å². The van der Waals surface area contributed by atoms with E-state index in [-0.39, 0.29) is 36.3 Å². The molecule has 1 aliphatic heterocycles. The average Bonchev–Trinajstić information content (AvgIpc) is 3.34. The first kappa shape index (κ1) is 33.9. The molecule has 0 radical (unpaired) electrons. The number of fused-ring (bicyclic) bond motifs is 1. The second kappa shape index (κ2) is 14.6. The summed E-state index contributed by atoms with van der Waals surface area (Å²) in [7, 11) is 3.06. The highest BCUT2D eigenvalue weighted by molar-refractivity contribution is 9.10. The number of esters is 1. The molecule has 3 aromatic carbocycles. The lowest BCUT2D eigenvalue weighted by Gasteiger charge is -2.25. The van der Waals surface area contributed by atoms with Crippen LogP contribution in [0, 0.1) is 5.82 Å². The van der Waals surface area contributed by atoms with Gasteiger partial charge in [0.25, 0.3) is 5.56 Å². The minimum atomic E-state index is -0.824. The van der Waals surface area contributed by atoms with Gasteiger partial charge in [-0.1, -0.05) is 45.5 Å². The van der Waals surface area contributed by atoms with Gasteiger partial charge in [-0.15, -0.1) is 0 Å². The number of carbonyl (C=O) groups excluding carboxylic acids is 1. The van der Waals surface area contributed by atoms with Gasteiger partial charge < -0.3 is 23.7 Å². The molecular formula is C35H34BrFN2O7S. The van der Waals surface area contributed by atoms with Crippen molar-refractivity contribution in [2.45, 2.75) is 46.4 Å². The van der Waals surface area contributed by atoms with Gasteiger partial charge in [-0.3, -0.25) is 9.36 Å². The number of allylic oxidation sites excluding steroid dienone is 1. The van der Waals surface area contributed by atoms with Gasteiger partial charge in [-0.2, -0.15) is 0 Å². The summed E-state index contributed by atoms with van der Waals surface area (Å²) in [5, 5.41) is 0. The summed E-state index contributed by atoms with van der Waals surface area (Å²) < 4.78 is 44.4. The summed E-state index contributed by atoms with van der Waals surface area (Å²) in [6.45, 7) is 7.66. The van der Waals surface area contributed by atoms with Crippen LogP contribution in [0.4, 0.5) is 4.39 Å². The van der Waals surface area contributed by atoms with Crippen molar-refractivity contribution in [3.05, 3.63) is 113 Å². The molecule has 0 N–H and O–H groups in total. The Hall–Kier alpha value is -4.42. The minimum absolute atomic E-state index is 0.0852. The number of nitrogens with zero attached hydrogens (tertiary/aromatic N) is 2. The Morgan fingerprint density at radius 2 is 1.74 bits per heavy atom. The predicted octanol–water partition coefficient (Wildman–Crippen LogP) is 6.08. The standard InChI is InChI=1S/C35H34BrFN2O7S/c1-7-44-34(41)31-20(4)38-35-39(32(31)22-10-13-26(46-19(2)3)27(14-22)42-5)33(40)30(47-35)16-23-15-28(43-6)29(17-25(23)36)45-18-21-8-11-24(37)12-9-21/h8-17,19,32H,7,18H2,1-6H3/b30-16-/t32-/m0/s1. The van der Waals surface area contributed by atoms with Crippen molar-refractivity contribution in [1.29, 1.82) is 0 Å². The summed E-state index contributed by atoms with van der Waals surface area (Å²) in [4.78, 5) is 32.6. The highest BCUT2D eigenvalue weighted by Crippen LogP contribution is 2.37. The van der Waals surface area contributed by atoms with E-state index in [1.54, 1.807) is 56.3 Å². The molecule has 5 rings (SSSR count). The zero-order chi connectivity index (χ0) is 33.8. The van der Waals surface area contributed by atoms with Gasteiger partial charge in [0.2, 0.25) is 0 Å². The molecule has 0 saturated heterocycles. The van der Waals surface area contributed by atoms with E-state index in [2.05, 4.69) is 20.9 Å². The van der Waals surface area contributed by atoms with E-state index in [1.807, 2.05) is 19.9 Å². The lowest BCUT2D eigenvalue weighted by molar-refractivity contribution is -0.139. The van der Waals surface area contributed by atoms with Crippen LogP contribution in [0.3, 0.4) is 0 Å². The second-order valence-corrected chi connectivity index (χ2v) is 12.7. The molecule has 0 amide bonds. The number of hydrogen-bond donors (Lipinski definition) is 0. The maximum absolute atomic E-state index is 14.2. The van der Waals surface area contributed by atoms with E-state index < -0.39 is 12.0 Å². The fraction of sp³-hybridized carbons (Fsp3) is 0.286. The zero-order valence-electron chi connectivity index (χ0n) is 26.8. The third kappa shape index (κ3) is 7.28. The quantitative estimate of drug-likeness (QED) is 0.173. The van der Waals surface area contributed by atoms with Crippen molar-refractivity contribution >= 4 is 39.3 Å². The van der Waals surface area contributed by atoms with Crippen molar-refractivity contribution < 1.29 is 32.9 Å². The number of aromatic nitrogens is 1. The lowest BCUT2D eigenvalue weighted by atomic mass is 9.95. The molecule has 0 unspecified atom stereocenters. The first-order valence-electron chi connectivity index (χ1n) is 14.8. The average molecular weight is 726 g/mol. The summed E-state index contributed by atoms with van der Waals surface area (Å²) in [5.74, 6) is 1.04. The number of ether oxygens (including phenoxy) is 5. The second-order valence-electron chi connectivity index (χ2n) is 10.8. The number of methoxy groups -OCH3 is 2. The van der Waals surface area contributed by atoms with Gasteiger partial charge in [-0.05, 0) is 86.9 Å². The summed E-state index contributed by atoms with van der Waals surface area (Å²) >= 11 is 4.81. The van der Waals surface area contributed by atoms with Crippen molar-refractivity contribution in [3.63, 3.8) is 0 Å². The molecule has 47 heavy (non-hydrogen) atoms. The Morgan fingerprint density at radius 1 is 1.04 bits per heavy atom. The van der Waals surface area contributed by atoms with Gasteiger partial charge in [0.05, 0.1) is 48.8 Å². The predicted molar refractivity (Wildman–Crippen MR) is 181 cm³/mol. The Bertz CT molecular complexity index is 2020. The molecule has 0 saturated carbocycles.